The first-order chi connectivity index (χ1) is 17.4. The number of benzene rings is 2. The van der Waals surface area contributed by atoms with Crippen LogP contribution in [-0.4, -0.2) is 41.7 Å². The predicted octanol–water partition coefficient (Wildman–Crippen LogP) is 5.20. The summed E-state index contributed by atoms with van der Waals surface area (Å²) in [6.07, 6.45) is 5.26. The summed E-state index contributed by atoms with van der Waals surface area (Å²) in [5.41, 5.74) is 8.76. The van der Waals surface area contributed by atoms with E-state index in [1.54, 1.807) is 24.5 Å². The molecule has 7 nitrogen and oxygen atoms in total. The molecule has 36 heavy (non-hydrogen) atoms. The first-order valence-corrected chi connectivity index (χ1v) is 12.5. The van der Waals surface area contributed by atoms with Gasteiger partial charge in [-0.25, -0.2) is 4.98 Å². The van der Waals surface area contributed by atoms with E-state index in [4.69, 9.17) is 26.8 Å². The van der Waals surface area contributed by atoms with E-state index in [1.807, 2.05) is 38.1 Å². The van der Waals surface area contributed by atoms with Crippen LogP contribution in [0.25, 0.3) is 21.7 Å². The lowest BCUT2D eigenvalue weighted by Crippen LogP contribution is -2.21. The lowest BCUT2D eigenvalue weighted by molar-refractivity contribution is 0.0556. The van der Waals surface area contributed by atoms with E-state index in [-0.39, 0.29) is 6.10 Å². The third-order valence-electron chi connectivity index (χ3n) is 5.97. The normalized spacial score (nSPS) is 12.2. The third-order valence-corrected chi connectivity index (χ3v) is 6.38. The van der Waals surface area contributed by atoms with Gasteiger partial charge in [-0.1, -0.05) is 29.8 Å². The van der Waals surface area contributed by atoms with E-state index in [2.05, 4.69) is 21.4 Å². The fraction of sp³-hybridized carbons (Fsp3) is 0.321. The standard InChI is InChI=1S/C28H31ClN4O3/c1-18-5-6-20(13-25(18)29)15-31-10-3-4-12-35-17-19(2)36-28-23-9-11-32-16-24(23)22-8-7-21(27(30)34)14-26(22)33-28/h5-9,11,13-14,16,19,31H,3-4,10,12,15,17H2,1-2H3,(H2,30,34)/t19-/m1/s1. The molecule has 0 saturated carbocycles. The molecule has 0 fully saturated rings. The van der Waals surface area contributed by atoms with Crippen LogP contribution in [0.1, 0.15) is 41.3 Å². The van der Waals surface area contributed by atoms with Crippen molar-refractivity contribution in [1.29, 1.82) is 0 Å². The summed E-state index contributed by atoms with van der Waals surface area (Å²) in [6.45, 7) is 6.77. The highest BCUT2D eigenvalue weighted by atomic mass is 35.5. The summed E-state index contributed by atoms with van der Waals surface area (Å²) in [4.78, 5) is 20.5. The van der Waals surface area contributed by atoms with Crippen molar-refractivity contribution in [2.24, 2.45) is 5.73 Å². The molecule has 2 aromatic heterocycles. The van der Waals surface area contributed by atoms with E-state index in [9.17, 15) is 4.79 Å². The van der Waals surface area contributed by atoms with Gasteiger partial charge in [-0.05, 0) is 68.6 Å². The zero-order valence-corrected chi connectivity index (χ0v) is 21.3. The molecule has 1 atom stereocenters. The van der Waals surface area contributed by atoms with E-state index >= 15 is 0 Å². The second-order valence-corrected chi connectivity index (χ2v) is 9.31. The molecule has 2 heterocycles. The van der Waals surface area contributed by atoms with Crippen molar-refractivity contribution >= 4 is 39.2 Å². The zero-order valence-electron chi connectivity index (χ0n) is 20.6. The Morgan fingerprint density at radius 3 is 2.78 bits per heavy atom. The van der Waals surface area contributed by atoms with E-state index in [0.29, 0.717) is 30.2 Å². The first-order valence-electron chi connectivity index (χ1n) is 12.1. The quantitative estimate of drug-likeness (QED) is 0.202. The number of aryl methyl sites for hydroxylation is 1. The first kappa shape index (κ1) is 25.8. The molecule has 2 aromatic carbocycles. The summed E-state index contributed by atoms with van der Waals surface area (Å²) < 4.78 is 12.0. The van der Waals surface area contributed by atoms with Crippen molar-refractivity contribution < 1.29 is 14.3 Å². The van der Waals surface area contributed by atoms with Gasteiger partial charge in [-0.3, -0.25) is 9.78 Å². The Bertz CT molecular complexity index is 1360. The van der Waals surface area contributed by atoms with Crippen LogP contribution < -0.4 is 15.8 Å². The maximum absolute atomic E-state index is 11.6. The number of hydrogen-bond acceptors (Lipinski definition) is 6. The minimum Gasteiger partial charge on any atom is -0.472 e. The fourth-order valence-electron chi connectivity index (χ4n) is 3.97. The Balaban J connectivity index is 1.25. The number of nitrogens with zero attached hydrogens (tertiary/aromatic N) is 2. The molecule has 4 aromatic rings. The van der Waals surface area contributed by atoms with Crippen LogP contribution in [0.3, 0.4) is 0 Å². The topological polar surface area (TPSA) is 99.4 Å². The average molecular weight is 507 g/mol. The molecule has 0 radical (unpaired) electrons. The highest BCUT2D eigenvalue weighted by molar-refractivity contribution is 6.31. The average Bonchev–Trinajstić information content (AvgIpc) is 2.87. The van der Waals surface area contributed by atoms with Gasteiger partial charge in [-0.15, -0.1) is 0 Å². The molecule has 0 aliphatic rings. The molecule has 4 rings (SSSR count). The molecule has 1 amide bonds. The Labute approximate surface area is 216 Å². The van der Waals surface area contributed by atoms with Crippen LogP contribution in [-0.2, 0) is 11.3 Å². The lowest BCUT2D eigenvalue weighted by Gasteiger charge is -2.17. The molecular weight excluding hydrogens is 476 g/mol. The van der Waals surface area contributed by atoms with Gasteiger partial charge in [0.25, 0.3) is 0 Å². The molecule has 0 aliphatic carbocycles. The predicted molar refractivity (Wildman–Crippen MR) is 144 cm³/mol. The highest BCUT2D eigenvalue weighted by Gasteiger charge is 2.14. The molecule has 188 valence electrons. The summed E-state index contributed by atoms with van der Waals surface area (Å²) in [7, 11) is 0. The minimum absolute atomic E-state index is 0.199. The molecule has 0 aliphatic heterocycles. The Morgan fingerprint density at radius 2 is 1.97 bits per heavy atom. The van der Waals surface area contributed by atoms with Crippen LogP contribution in [0.5, 0.6) is 5.88 Å². The second-order valence-electron chi connectivity index (χ2n) is 8.91. The van der Waals surface area contributed by atoms with Crippen molar-refractivity contribution in [2.75, 3.05) is 19.8 Å². The van der Waals surface area contributed by atoms with Crippen LogP contribution in [0.4, 0.5) is 0 Å². The van der Waals surface area contributed by atoms with Gasteiger partial charge in [0.15, 0.2) is 0 Å². The second kappa shape index (κ2) is 12.1. The number of unbranched alkanes of at least 4 members (excludes halogenated alkanes) is 1. The number of carbonyl (C=O) groups excluding carboxylic acids is 1. The van der Waals surface area contributed by atoms with Crippen molar-refractivity contribution in [1.82, 2.24) is 15.3 Å². The maximum atomic E-state index is 11.6. The fourth-order valence-corrected chi connectivity index (χ4v) is 4.17. The number of rotatable bonds is 12. The van der Waals surface area contributed by atoms with E-state index in [1.165, 1.54) is 5.56 Å². The van der Waals surface area contributed by atoms with Crippen molar-refractivity contribution in [3.05, 3.63) is 76.6 Å². The highest BCUT2D eigenvalue weighted by Crippen LogP contribution is 2.31. The van der Waals surface area contributed by atoms with Gasteiger partial charge in [-0.2, -0.15) is 0 Å². The number of primary amides is 1. The number of nitrogens with two attached hydrogens (primary N) is 1. The number of pyridine rings is 2. The SMILES string of the molecule is Cc1ccc(CNCCCCOC[C@@H](C)Oc2nc3cc(C(N)=O)ccc3c3cnccc23)cc1Cl. The van der Waals surface area contributed by atoms with Gasteiger partial charge in [0.1, 0.15) is 6.10 Å². The van der Waals surface area contributed by atoms with Crippen molar-refractivity contribution in [2.45, 2.75) is 39.3 Å². The van der Waals surface area contributed by atoms with Crippen molar-refractivity contribution in [3.63, 3.8) is 0 Å². The minimum atomic E-state index is -0.496. The number of aromatic nitrogens is 2. The van der Waals surface area contributed by atoms with Gasteiger partial charge >= 0.3 is 0 Å². The monoisotopic (exact) mass is 506 g/mol. The van der Waals surface area contributed by atoms with Crippen LogP contribution in [0, 0.1) is 6.92 Å². The molecule has 3 N–H and O–H groups in total. The Kier molecular flexibility index (Phi) is 8.70. The van der Waals surface area contributed by atoms with Gasteiger partial charge < -0.3 is 20.5 Å². The number of nitrogens with one attached hydrogen (secondary N) is 1. The van der Waals surface area contributed by atoms with E-state index in [0.717, 1.165) is 52.7 Å². The summed E-state index contributed by atoms with van der Waals surface area (Å²) in [6, 6.07) is 13.2. The van der Waals surface area contributed by atoms with Gasteiger partial charge in [0.05, 0.1) is 12.1 Å². The van der Waals surface area contributed by atoms with Crippen molar-refractivity contribution in [3.8, 4) is 5.88 Å². The summed E-state index contributed by atoms with van der Waals surface area (Å²) in [5, 5.41) is 6.90. The molecule has 0 bridgehead atoms. The van der Waals surface area contributed by atoms with E-state index < -0.39 is 5.91 Å². The number of amides is 1. The molecule has 0 saturated heterocycles. The molecule has 0 unspecified atom stereocenters. The molecule has 8 heteroatoms. The number of fused-ring (bicyclic) bond motifs is 3. The third kappa shape index (κ3) is 6.49. The summed E-state index contributed by atoms with van der Waals surface area (Å²) in [5.74, 6) is -0.0120. The Morgan fingerprint density at radius 1 is 1.11 bits per heavy atom. The largest absolute Gasteiger partial charge is 0.472 e. The number of carbonyl (C=O) groups is 1. The van der Waals surface area contributed by atoms with Gasteiger partial charge in [0.2, 0.25) is 11.8 Å². The van der Waals surface area contributed by atoms with Crippen LogP contribution in [0.2, 0.25) is 5.02 Å². The molecular formula is C28H31ClN4O3. The number of hydrogen-bond donors (Lipinski definition) is 2. The number of halogens is 1. The van der Waals surface area contributed by atoms with Crippen LogP contribution >= 0.6 is 11.6 Å². The summed E-state index contributed by atoms with van der Waals surface area (Å²) >= 11 is 6.18. The Hall–Kier alpha value is -3.26. The molecule has 0 spiro atoms. The smallest absolute Gasteiger partial charge is 0.248 e. The van der Waals surface area contributed by atoms with Crippen LogP contribution in [0.15, 0.2) is 54.9 Å². The zero-order chi connectivity index (χ0) is 25.5. The van der Waals surface area contributed by atoms with Gasteiger partial charge in [0, 0.05) is 52.3 Å². The lowest BCUT2D eigenvalue weighted by atomic mass is 10.1. The maximum Gasteiger partial charge on any atom is 0.248 e. The number of ether oxygens (including phenoxy) is 2.